The summed E-state index contributed by atoms with van der Waals surface area (Å²) in [6.07, 6.45) is 1.94. The van der Waals surface area contributed by atoms with E-state index in [-0.39, 0.29) is 11.1 Å². The van der Waals surface area contributed by atoms with E-state index >= 15 is 0 Å². The van der Waals surface area contributed by atoms with Crippen LogP contribution < -0.4 is 5.32 Å². The van der Waals surface area contributed by atoms with Crippen molar-refractivity contribution < 1.29 is 14.3 Å². The molecule has 1 aromatic rings. The Hall–Kier alpha value is -1.62. The minimum atomic E-state index is -0.521. The van der Waals surface area contributed by atoms with E-state index in [4.69, 9.17) is 4.74 Å². The molecular weight excluding hydrogens is 382 g/mol. The van der Waals surface area contributed by atoms with Gasteiger partial charge in [-0.2, -0.15) is 0 Å². The van der Waals surface area contributed by atoms with Crippen LogP contribution in [0.25, 0.3) is 5.57 Å². The largest absolute Gasteiger partial charge is 0.444 e. The number of allylic oxidation sites excluding steroid dienone is 1. The number of benzene rings is 1. The number of hydrogen-bond donors (Lipinski definition) is 1. The van der Waals surface area contributed by atoms with Gasteiger partial charge in [-0.3, -0.25) is 4.79 Å². The highest BCUT2D eigenvalue weighted by Crippen LogP contribution is 2.26. The molecule has 1 N–H and O–H groups in total. The summed E-state index contributed by atoms with van der Waals surface area (Å²) in [6.45, 7) is 8.02. The quantitative estimate of drug-likeness (QED) is 0.478. The molecule has 1 amide bonds. The fourth-order valence-electron chi connectivity index (χ4n) is 2.54. The molecule has 0 heterocycles. The average Bonchev–Trinajstić information content (AvgIpc) is 2.54. The van der Waals surface area contributed by atoms with Gasteiger partial charge in [0.25, 0.3) is 0 Å². The summed E-state index contributed by atoms with van der Waals surface area (Å²) in [6, 6.07) is 9.70. The number of carbonyl (C=O) groups excluding carboxylic acids is 2. The number of alkyl carbamates (subject to hydrolysis) is 1. The summed E-state index contributed by atoms with van der Waals surface area (Å²) in [4.78, 5) is 24.3. The summed E-state index contributed by atoms with van der Waals surface area (Å²) in [7, 11) is 0. The molecule has 0 saturated carbocycles. The molecule has 0 aliphatic carbocycles. The van der Waals surface area contributed by atoms with Crippen LogP contribution in [-0.2, 0) is 9.53 Å². The maximum absolute atomic E-state index is 12.5. The van der Waals surface area contributed by atoms with Gasteiger partial charge in [-0.25, -0.2) is 4.79 Å². The number of halogens is 1. The van der Waals surface area contributed by atoms with Gasteiger partial charge in [-0.15, -0.1) is 0 Å². The monoisotopic (exact) mass is 409 g/mol. The first kappa shape index (κ1) is 21.4. The molecule has 0 aliphatic heterocycles. The van der Waals surface area contributed by atoms with E-state index < -0.39 is 11.7 Å². The highest BCUT2D eigenvalue weighted by molar-refractivity contribution is 9.09. The highest BCUT2D eigenvalue weighted by atomic mass is 79.9. The molecule has 5 heteroatoms. The molecule has 25 heavy (non-hydrogen) atoms. The van der Waals surface area contributed by atoms with E-state index in [1.807, 2.05) is 51.1 Å². The molecule has 1 rings (SSSR count). The Kier molecular flexibility index (Phi) is 8.90. The van der Waals surface area contributed by atoms with Crippen molar-refractivity contribution in [3.63, 3.8) is 0 Å². The first-order valence-electron chi connectivity index (χ1n) is 8.62. The normalized spacial score (nSPS) is 12.4. The van der Waals surface area contributed by atoms with E-state index in [9.17, 15) is 9.59 Å². The van der Waals surface area contributed by atoms with Gasteiger partial charge in [0.2, 0.25) is 0 Å². The van der Waals surface area contributed by atoms with Gasteiger partial charge in [0.05, 0.1) is 5.33 Å². The standard InChI is InChI=1S/C20H28BrNO3/c1-5-9-15(12-13-22-19(24)25-20(2,3)4)18(17(23)14-21)16-10-7-6-8-11-16/h6-8,10-11H,5,9,12-14H2,1-4H3,(H,22,24)/b18-15-. The molecule has 0 aromatic heterocycles. The summed E-state index contributed by atoms with van der Waals surface area (Å²) in [5.41, 5.74) is 2.22. The Bertz CT molecular complexity index is 603. The number of alkyl halides is 1. The van der Waals surface area contributed by atoms with E-state index in [1.54, 1.807) is 0 Å². The minimum Gasteiger partial charge on any atom is -0.444 e. The van der Waals surface area contributed by atoms with E-state index in [1.165, 1.54) is 0 Å². The number of Topliss-reactive ketones (excluding diaryl/α,β-unsaturated/α-hetero) is 1. The van der Waals surface area contributed by atoms with E-state index in [0.717, 1.165) is 29.6 Å². The summed E-state index contributed by atoms with van der Waals surface area (Å²) in [5, 5.41) is 3.05. The highest BCUT2D eigenvalue weighted by Gasteiger charge is 2.18. The molecule has 0 bridgehead atoms. The van der Waals surface area contributed by atoms with Crippen molar-refractivity contribution in [2.45, 2.75) is 52.6 Å². The van der Waals surface area contributed by atoms with Crippen molar-refractivity contribution in [1.29, 1.82) is 0 Å². The number of nitrogens with one attached hydrogen (secondary N) is 1. The summed E-state index contributed by atoms with van der Waals surface area (Å²) in [5.74, 6) is 0.0620. The number of hydrogen-bond acceptors (Lipinski definition) is 3. The van der Waals surface area contributed by atoms with Crippen LogP contribution in [0.1, 0.15) is 52.5 Å². The second-order valence-electron chi connectivity index (χ2n) is 6.83. The van der Waals surface area contributed by atoms with Crippen molar-refractivity contribution in [3.8, 4) is 0 Å². The molecule has 1 aromatic carbocycles. The molecule has 0 radical (unpaired) electrons. The Labute approximate surface area is 159 Å². The summed E-state index contributed by atoms with van der Waals surface area (Å²) >= 11 is 3.28. The molecule has 0 saturated heterocycles. The van der Waals surface area contributed by atoms with E-state index in [0.29, 0.717) is 13.0 Å². The zero-order valence-electron chi connectivity index (χ0n) is 15.5. The zero-order valence-corrected chi connectivity index (χ0v) is 17.1. The number of carbonyl (C=O) groups is 2. The average molecular weight is 410 g/mol. The molecular formula is C20H28BrNO3. The van der Waals surface area contributed by atoms with Gasteiger partial charge >= 0.3 is 6.09 Å². The Morgan fingerprint density at radius 2 is 1.76 bits per heavy atom. The van der Waals surface area contributed by atoms with Gasteiger partial charge in [-0.1, -0.05) is 65.2 Å². The maximum Gasteiger partial charge on any atom is 0.407 e. The van der Waals surface area contributed by atoms with Gasteiger partial charge in [-0.05, 0) is 39.2 Å². The Morgan fingerprint density at radius 3 is 2.28 bits per heavy atom. The second kappa shape index (κ2) is 10.4. The third-order valence-corrected chi connectivity index (χ3v) is 3.97. The van der Waals surface area contributed by atoms with Gasteiger partial charge in [0, 0.05) is 12.1 Å². The molecule has 0 aliphatic rings. The van der Waals surface area contributed by atoms with Crippen molar-refractivity contribution >= 4 is 33.4 Å². The van der Waals surface area contributed by atoms with Gasteiger partial charge in [0.1, 0.15) is 5.60 Å². The van der Waals surface area contributed by atoms with Crippen LogP contribution in [0.3, 0.4) is 0 Å². The van der Waals surface area contributed by atoms with Crippen LogP contribution in [0.4, 0.5) is 4.79 Å². The van der Waals surface area contributed by atoms with Crippen LogP contribution >= 0.6 is 15.9 Å². The third-order valence-electron chi connectivity index (χ3n) is 3.46. The molecule has 138 valence electrons. The molecule has 0 atom stereocenters. The van der Waals surface area contributed by atoms with E-state index in [2.05, 4.69) is 28.2 Å². The fraction of sp³-hybridized carbons (Fsp3) is 0.500. The fourth-order valence-corrected chi connectivity index (χ4v) is 2.82. The number of amides is 1. The molecule has 4 nitrogen and oxygen atoms in total. The topological polar surface area (TPSA) is 55.4 Å². The lowest BCUT2D eigenvalue weighted by Crippen LogP contribution is -2.33. The van der Waals surface area contributed by atoms with Crippen LogP contribution in [0.15, 0.2) is 35.9 Å². The second-order valence-corrected chi connectivity index (χ2v) is 7.39. The lowest BCUT2D eigenvalue weighted by atomic mass is 9.92. The first-order valence-corrected chi connectivity index (χ1v) is 9.74. The van der Waals surface area contributed by atoms with Crippen molar-refractivity contribution in [1.82, 2.24) is 5.32 Å². The predicted molar refractivity (Wildman–Crippen MR) is 106 cm³/mol. The van der Waals surface area contributed by atoms with Crippen molar-refractivity contribution in [2.24, 2.45) is 0 Å². The predicted octanol–water partition coefficient (Wildman–Crippen LogP) is 5.12. The van der Waals surface area contributed by atoms with Crippen LogP contribution in [0, 0.1) is 0 Å². The van der Waals surface area contributed by atoms with Crippen molar-refractivity contribution in [2.75, 3.05) is 11.9 Å². The zero-order chi connectivity index (χ0) is 18.9. The summed E-state index contributed by atoms with van der Waals surface area (Å²) < 4.78 is 5.25. The molecule has 0 spiro atoms. The number of rotatable bonds is 8. The number of ketones is 1. The van der Waals surface area contributed by atoms with Gasteiger partial charge < -0.3 is 10.1 Å². The smallest absolute Gasteiger partial charge is 0.407 e. The van der Waals surface area contributed by atoms with Crippen molar-refractivity contribution in [3.05, 3.63) is 41.5 Å². The van der Waals surface area contributed by atoms with Crippen LogP contribution in [-0.4, -0.2) is 29.4 Å². The minimum absolute atomic E-state index is 0.0620. The third kappa shape index (κ3) is 7.86. The van der Waals surface area contributed by atoms with Crippen LogP contribution in [0.5, 0.6) is 0 Å². The maximum atomic E-state index is 12.5. The lowest BCUT2D eigenvalue weighted by molar-refractivity contribution is -0.111. The molecule has 0 fully saturated rings. The Balaban J connectivity index is 2.94. The first-order chi connectivity index (χ1) is 11.8. The SMILES string of the molecule is CCC/C(CCNC(=O)OC(C)(C)C)=C(/C(=O)CBr)c1ccccc1. The Morgan fingerprint density at radius 1 is 1.12 bits per heavy atom. The van der Waals surface area contributed by atoms with Gasteiger partial charge in [0.15, 0.2) is 5.78 Å². The lowest BCUT2D eigenvalue weighted by Gasteiger charge is -2.20. The number of ether oxygens (including phenoxy) is 1. The molecule has 0 unspecified atom stereocenters. The van der Waals surface area contributed by atoms with Crippen LogP contribution in [0.2, 0.25) is 0 Å².